The van der Waals surface area contributed by atoms with Gasteiger partial charge in [0.2, 0.25) is 0 Å². The number of nitrogens with one attached hydrogen (secondary N) is 1. The number of hydrogen-bond donors (Lipinski definition) is 1. The minimum Gasteiger partial charge on any atom is -0.381 e. The summed E-state index contributed by atoms with van der Waals surface area (Å²) >= 11 is 1.43. The molecule has 1 aromatic rings. The van der Waals surface area contributed by atoms with E-state index in [1.165, 1.54) is 23.9 Å². The summed E-state index contributed by atoms with van der Waals surface area (Å²) in [5.41, 5.74) is 0.00688. The van der Waals surface area contributed by atoms with Crippen molar-refractivity contribution in [2.75, 3.05) is 12.4 Å². The summed E-state index contributed by atoms with van der Waals surface area (Å²) in [6, 6.07) is 1.40. The van der Waals surface area contributed by atoms with Crippen LogP contribution in [0.1, 0.15) is 38.5 Å². The Bertz CT molecular complexity index is 804. The minimum atomic E-state index is -1.60. The van der Waals surface area contributed by atoms with E-state index in [4.69, 9.17) is 4.74 Å². The Labute approximate surface area is 171 Å². The van der Waals surface area contributed by atoms with E-state index in [1.807, 2.05) is 0 Å². The van der Waals surface area contributed by atoms with Crippen molar-refractivity contribution in [1.82, 2.24) is 0 Å². The normalized spacial score (nSPS) is 25.1. The van der Waals surface area contributed by atoms with E-state index in [1.54, 1.807) is 7.11 Å². The molecule has 158 valence electrons. The van der Waals surface area contributed by atoms with Crippen molar-refractivity contribution < 1.29 is 27.1 Å². The standard InChI is InChI=1S/C21H23F4NO2S/c1-28-14-4-2-3-5-15(11-14)29-19-8-12(6-7-16(19)22)21(27)26-13-9-17(23)20(25)18(24)10-13/h6,8-10,14-16H,2-5,7,11H2,1H3,(H,26,27)/t14-,15?,16?/m0/s1. The number of carbonyl (C=O) groups is 1. The van der Waals surface area contributed by atoms with E-state index in [9.17, 15) is 22.4 Å². The maximum absolute atomic E-state index is 14.5. The van der Waals surface area contributed by atoms with Crippen molar-refractivity contribution in [2.45, 2.75) is 56.1 Å². The van der Waals surface area contributed by atoms with Crippen LogP contribution in [0, 0.1) is 17.5 Å². The Kier molecular flexibility index (Phi) is 7.40. The number of halogens is 4. The van der Waals surface area contributed by atoms with Crippen LogP contribution in [0.3, 0.4) is 0 Å². The molecule has 3 rings (SSSR count). The largest absolute Gasteiger partial charge is 0.381 e. The number of anilines is 1. The lowest BCUT2D eigenvalue weighted by Crippen LogP contribution is -2.20. The summed E-state index contributed by atoms with van der Waals surface area (Å²) in [6.07, 6.45) is 6.83. The van der Waals surface area contributed by atoms with Crippen molar-refractivity contribution in [3.05, 3.63) is 52.2 Å². The van der Waals surface area contributed by atoms with Crippen LogP contribution < -0.4 is 5.32 Å². The Morgan fingerprint density at radius 2 is 1.86 bits per heavy atom. The van der Waals surface area contributed by atoms with E-state index in [0.717, 1.165) is 32.1 Å². The van der Waals surface area contributed by atoms with Crippen LogP contribution >= 0.6 is 11.8 Å². The van der Waals surface area contributed by atoms with Gasteiger partial charge in [-0.15, -0.1) is 11.8 Å². The van der Waals surface area contributed by atoms with Gasteiger partial charge >= 0.3 is 0 Å². The highest BCUT2D eigenvalue weighted by atomic mass is 32.2. The number of thioether (sulfide) groups is 1. The highest BCUT2D eigenvalue weighted by molar-refractivity contribution is 8.03. The fourth-order valence-electron chi connectivity index (χ4n) is 3.53. The first kappa shape index (κ1) is 21.9. The fourth-order valence-corrected chi connectivity index (χ4v) is 4.95. The van der Waals surface area contributed by atoms with Gasteiger partial charge in [-0.1, -0.05) is 18.9 Å². The van der Waals surface area contributed by atoms with Gasteiger partial charge in [-0.3, -0.25) is 4.79 Å². The lowest BCUT2D eigenvalue weighted by molar-refractivity contribution is -0.112. The van der Waals surface area contributed by atoms with Crippen LogP contribution in [-0.2, 0) is 9.53 Å². The molecule has 2 aliphatic rings. The molecule has 0 radical (unpaired) electrons. The second kappa shape index (κ2) is 9.80. The molecule has 1 saturated carbocycles. The predicted octanol–water partition coefficient (Wildman–Crippen LogP) is 5.68. The van der Waals surface area contributed by atoms with Gasteiger partial charge in [0.05, 0.1) is 6.10 Å². The number of benzene rings is 1. The first-order valence-corrected chi connectivity index (χ1v) is 10.5. The molecule has 3 nitrogen and oxygen atoms in total. The van der Waals surface area contributed by atoms with Gasteiger partial charge in [0.1, 0.15) is 6.17 Å². The van der Waals surface area contributed by atoms with E-state index in [2.05, 4.69) is 5.32 Å². The van der Waals surface area contributed by atoms with Gasteiger partial charge in [0, 0.05) is 47.1 Å². The molecule has 0 aliphatic heterocycles. The summed E-state index contributed by atoms with van der Waals surface area (Å²) in [4.78, 5) is 12.9. The van der Waals surface area contributed by atoms with Crippen LogP contribution in [0.15, 0.2) is 34.8 Å². The first-order valence-electron chi connectivity index (χ1n) is 9.58. The van der Waals surface area contributed by atoms with Crippen molar-refractivity contribution in [2.24, 2.45) is 0 Å². The summed E-state index contributed by atoms with van der Waals surface area (Å²) in [7, 11) is 1.68. The first-order chi connectivity index (χ1) is 13.9. The van der Waals surface area contributed by atoms with Gasteiger partial charge in [-0.25, -0.2) is 17.6 Å². The number of methoxy groups -OCH3 is 1. The molecule has 0 bridgehead atoms. The zero-order chi connectivity index (χ0) is 21.0. The monoisotopic (exact) mass is 429 g/mol. The molecule has 0 heterocycles. The number of rotatable bonds is 5. The maximum atomic E-state index is 14.5. The van der Waals surface area contributed by atoms with E-state index in [-0.39, 0.29) is 29.0 Å². The Morgan fingerprint density at radius 1 is 1.17 bits per heavy atom. The Morgan fingerprint density at radius 3 is 2.55 bits per heavy atom. The molecule has 0 saturated heterocycles. The number of hydrogen-bond acceptors (Lipinski definition) is 3. The molecular weight excluding hydrogens is 406 g/mol. The topological polar surface area (TPSA) is 38.3 Å². The highest BCUT2D eigenvalue weighted by Crippen LogP contribution is 2.38. The molecule has 1 N–H and O–H groups in total. The average Bonchev–Trinajstić information content (AvgIpc) is 2.92. The zero-order valence-corrected chi connectivity index (χ0v) is 16.8. The van der Waals surface area contributed by atoms with Crippen LogP contribution in [0.4, 0.5) is 23.2 Å². The average molecular weight is 429 g/mol. The Hall–Kier alpha value is -1.80. The van der Waals surface area contributed by atoms with Crippen molar-refractivity contribution >= 4 is 23.4 Å². The number of ether oxygens (including phenoxy) is 1. The second-order valence-corrected chi connectivity index (χ2v) is 8.61. The molecule has 0 spiro atoms. The molecule has 0 aromatic heterocycles. The smallest absolute Gasteiger partial charge is 0.255 e. The molecule has 3 atom stereocenters. The summed E-state index contributed by atoms with van der Waals surface area (Å²) in [6.45, 7) is 0. The van der Waals surface area contributed by atoms with Crippen LogP contribution in [-0.4, -0.2) is 30.5 Å². The van der Waals surface area contributed by atoms with Crippen molar-refractivity contribution in [1.29, 1.82) is 0 Å². The second-order valence-electron chi connectivity index (χ2n) is 7.24. The van der Waals surface area contributed by atoms with Crippen LogP contribution in [0.5, 0.6) is 0 Å². The third-order valence-corrected chi connectivity index (χ3v) is 6.53. The SMILES string of the molecule is CO[C@H]1CCCCC(SC2=CC(C(=O)Nc3cc(F)c(F)c(F)c3)=CCC2F)C1. The summed E-state index contributed by atoms with van der Waals surface area (Å²) in [5.74, 6) is -5.02. The molecule has 1 fully saturated rings. The molecular formula is C21H23F4NO2S. The maximum Gasteiger partial charge on any atom is 0.255 e. The summed E-state index contributed by atoms with van der Waals surface area (Å²) in [5, 5.41) is 2.54. The number of amides is 1. The quantitative estimate of drug-likeness (QED) is 0.372. The molecule has 2 aliphatic carbocycles. The van der Waals surface area contributed by atoms with Crippen molar-refractivity contribution in [3.8, 4) is 0 Å². The summed E-state index contributed by atoms with van der Waals surface area (Å²) < 4.78 is 59.7. The number of allylic oxidation sites excluding steroid dienone is 2. The third kappa shape index (κ3) is 5.63. The third-order valence-electron chi connectivity index (χ3n) is 5.12. The van der Waals surface area contributed by atoms with E-state index in [0.29, 0.717) is 17.0 Å². The van der Waals surface area contributed by atoms with Gasteiger partial charge in [-0.05, 0) is 25.3 Å². The fraction of sp³-hybridized carbons (Fsp3) is 0.476. The van der Waals surface area contributed by atoms with Crippen LogP contribution in [0.2, 0.25) is 0 Å². The molecule has 2 unspecified atom stereocenters. The molecule has 1 amide bonds. The van der Waals surface area contributed by atoms with E-state index >= 15 is 0 Å². The van der Waals surface area contributed by atoms with Gasteiger partial charge in [-0.2, -0.15) is 0 Å². The van der Waals surface area contributed by atoms with E-state index < -0.39 is 29.5 Å². The molecule has 8 heteroatoms. The Balaban J connectivity index is 1.70. The lowest BCUT2D eigenvalue weighted by Gasteiger charge is -2.23. The predicted molar refractivity (Wildman–Crippen MR) is 106 cm³/mol. The number of alkyl halides is 1. The van der Waals surface area contributed by atoms with Gasteiger partial charge in [0.15, 0.2) is 17.5 Å². The molecule has 29 heavy (non-hydrogen) atoms. The minimum absolute atomic E-state index is 0.0498. The van der Waals surface area contributed by atoms with Crippen molar-refractivity contribution in [3.63, 3.8) is 0 Å². The highest BCUT2D eigenvalue weighted by Gasteiger charge is 2.27. The zero-order valence-electron chi connectivity index (χ0n) is 16.0. The molecule has 1 aromatic carbocycles. The lowest BCUT2D eigenvalue weighted by atomic mass is 10.0. The van der Waals surface area contributed by atoms with Gasteiger partial charge in [0.25, 0.3) is 5.91 Å². The van der Waals surface area contributed by atoms with Crippen LogP contribution in [0.25, 0.3) is 0 Å². The van der Waals surface area contributed by atoms with Gasteiger partial charge < -0.3 is 10.1 Å². The number of carbonyl (C=O) groups excluding carboxylic acids is 1.